The van der Waals surface area contributed by atoms with Crippen LogP contribution in [0.2, 0.25) is 0 Å². The summed E-state index contributed by atoms with van der Waals surface area (Å²) >= 11 is 0. The molecular formula is C17H36N4O. The summed E-state index contributed by atoms with van der Waals surface area (Å²) in [6.45, 7) is 7.27. The zero-order valence-electron chi connectivity index (χ0n) is 15.0. The van der Waals surface area contributed by atoms with Crippen molar-refractivity contribution >= 4 is 5.96 Å². The molecule has 5 nitrogen and oxygen atoms in total. The lowest BCUT2D eigenvalue weighted by Gasteiger charge is -2.27. The Morgan fingerprint density at radius 3 is 2.77 bits per heavy atom. The van der Waals surface area contributed by atoms with Crippen LogP contribution >= 0.6 is 0 Å². The second-order valence-corrected chi connectivity index (χ2v) is 6.67. The van der Waals surface area contributed by atoms with Gasteiger partial charge >= 0.3 is 0 Å². The number of aliphatic imine (C=N–C) groups is 1. The molecule has 0 aliphatic heterocycles. The summed E-state index contributed by atoms with van der Waals surface area (Å²) in [7, 11) is 5.75. The van der Waals surface area contributed by atoms with Crippen LogP contribution in [0.3, 0.4) is 0 Å². The van der Waals surface area contributed by atoms with Crippen molar-refractivity contribution in [2.45, 2.75) is 39.0 Å². The first kappa shape index (κ1) is 19.2. The third-order valence-corrected chi connectivity index (χ3v) is 4.50. The Balaban J connectivity index is 2.11. The molecule has 1 fully saturated rings. The minimum absolute atomic E-state index is 0.805. The summed E-state index contributed by atoms with van der Waals surface area (Å²) in [5.41, 5.74) is 0. The maximum atomic E-state index is 5.08. The molecule has 0 saturated heterocycles. The van der Waals surface area contributed by atoms with Crippen LogP contribution < -0.4 is 10.6 Å². The molecule has 0 amide bonds. The second-order valence-electron chi connectivity index (χ2n) is 6.67. The van der Waals surface area contributed by atoms with E-state index in [0.717, 1.165) is 57.0 Å². The first-order chi connectivity index (χ1) is 10.7. The van der Waals surface area contributed by atoms with Gasteiger partial charge in [0.25, 0.3) is 0 Å². The van der Waals surface area contributed by atoms with Gasteiger partial charge in [0.1, 0.15) is 0 Å². The fraction of sp³-hybridized carbons (Fsp3) is 0.941. The molecule has 0 heterocycles. The van der Waals surface area contributed by atoms with E-state index in [2.05, 4.69) is 34.5 Å². The van der Waals surface area contributed by atoms with Crippen molar-refractivity contribution in [3.05, 3.63) is 0 Å². The van der Waals surface area contributed by atoms with E-state index in [1.807, 2.05) is 7.05 Å². The fourth-order valence-electron chi connectivity index (χ4n) is 3.16. The van der Waals surface area contributed by atoms with Crippen molar-refractivity contribution in [1.29, 1.82) is 0 Å². The molecule has 0 bridgehead atoms. The number of nitrogens with zero attached hydrogens (tertiary/aromatic N) is 2. The van der Waals surface area contributed by atoms with E-state index in [-0.39, 0.29) is 0 Å². The number of methoxy groups -OCH3 is 1. The number of hydrogen-bond donors (Lipinski definition) is 2. The largest absolute Gasteiger partial charge is 0.385 e. The van der Waals surface area contributed by atoms with Crippen LogP contribution in [0.5, 0.6) is 0 Å². The van der Waals surface area contributed by atoms with Gasteiger partial charge in [0.2, 0.25) is 0 Å². The van der Waals surface area contributed by atoms with Gasteiger partial charge in [-0.2, -0.15) is 0 Å². The van der Waals surface area contributed by atoms with Crippen molar-refractivity contribution < 1.29 is 4.74 Å². The monoisotopic (exact) mass is 312 g/mol. The van der Waals surface area contributed by atoms with Crippen LogP contribution in [0.25, 0.3) is 0 Å². The average molecular weight is 313 g/mol. The summed E-state index contributed by atoms with van der Waals surface area (Å²) in [5.74, 6) is 2.62. The molecule has 2 N–H and O–H groups in total. The fourth-order valence-corrected chi connectivity index (χ4v) is 3.16. The minimum Gasteiger partial charge on any atom is -0.385 e. The highest BCUT2D eigenvalue weighted by atomic mass is 16.5. The molecule has 0 aromatic rings. The van der Waals surface area contributed by atoms with Gasteiger partial charge in [-0.05, 0) is 38.1 Å². The van der Waals surface area contributed by atoms with Crippen LogP contribution in [0, 0.1) is 11.8 Å². The van der Waals surface area contributed by atoms with Crippen LogP contribution in [0.1, 0.15) is 39.0 Å². The first-order valence-corrected chi connectivity index (χ1v) is 8.77. The van der Waals surface area contributed by atoms with Crippen LogP contribution in [0.4, 0.5) is 0 Å². The molecule has 2 unspecified atom stereocenters. The molecule has 0 spiro atoms. The van der Waals surface area contributed by atoms with E-state index in [4.69, 9.17) is 4.74 Å². The summed E-state index contributed by atoms with van der Waals surface area (Å²) < 4.78 is 5.08. The maximum Gasteiger partial charge on any atom is 0.191 e. The molecule has 2 atom stereocenters. The number of rotatable bonds is 9. The molecule has 1 aliphatic carbocycles. The van der Waals surface area contributed by atoms with Gasteiger partial charge in [0.15, 0.2) is 5.96 Å². The SMILES string of the molecule is CN=C(NCCN(C)CCCOC)NCC1CCCC(C)C1. The lowest BCUT2D eigenvalue weighted by Crippen LogP contribution is -2.43. The lowest BCUT2D eigenvalue weighted by molar-refractivity contribution is 0.180. The zero-order valence-corrected chi connectivity index (χ0v) is 15.0. The van der Waals surface area contributed by atoms with E-state index in [1.54, 1.807) is 7.11 Å². The minimum atomic E-state index is 0.805. The maximum absolute atomic E-state index is 5.08. The predicted octanol–water partition coefficient (Wildman–Crippen LogP) is 1.95. The summed E-state index contributed by atoms with van der Waals surface area (Å²) in [6.07, 6.45) is 6.58. The standard InChI is InChI=1S/C17H36N4O/c1-15-7-5-8-16(13-15)14-20-17(18-2)19-9-11-21(3)10-6-12-22-4/h15-16H,5-14H2,1-4H3,(H2,18,19,20). The van der Waals surface area contributed by atoms with Gasteiger partial charge < -0.3 is 20.3 Å². The number of guanidine groups is 1. The highest BCUT2D eigenvalue weighted by Crippen LogP contribution is 2.27. The quantitative estimate of drug-likeness (QED) is 0.388. The van der Waals surface area contributed by atoms with Gasteiger partial charge in [-0.1, -0.05) is 19.8 Å². The molecule has 0 aromatic heterocycles. The average Bonchev–Trinajstić information content (AvgIpc) is 2.51. The molecular weight excluding hydrogens is 276 g/mol. The van der Waals surface area contributed by atoms with Gasteiger partial charge in [-0.3, -0.25) is 4.99 Å². The molecule has 5 heteroatoms. The summed E-state index contributed by atoms with van der Waals surface area (Å²) in [5, 5.41) is 6.89. The summed E-state index contributed by atoms with van der Waals surface area (Å²) in [4.78, 5) is 6.64. The predicted molar refractivity (Wildman–Crippen MR) is 94.5 cm³/mol. The van der Waals surface area contributed by atoms with E-state index in [0.29, 0.717) is 0 Å². The van der Waals surface area contributed by atoms with Crippen LogP contribution in [-0.2, 0) is 4.74 Å². The molecule has 22 heavy (non-hydrogen) atoms. The van der Waals surface area contributed by atoms with Gasteiger partial charge in [0.05, 0.1) is 0 Å². The molecule has 1 saturated carbocycles. The van der Waals surface area contributed by atoms with E-state index in [9.17, 15) is 0 Å². The van der Waals surface area contributed by atoms with Gasteiger partial charge in [-0.25, -0.2) is 0 Å². The number of hydrogen-bond acceptors (Lipinski definition) is 3. The third kappa shape index (κ3) is 8.59. The van der Waals surface area contributed by atoms with E-state index in [1.165, 1.54) is 25.7 Å². The molecule has 1 rings (SSSR count). The van der Waals surface area contributed by atoms with Crippen molar-refractivity contribution in [2.75, 3.05) is 54.0 Å². The zero-order chi connectivity index (χ0) is 16.2. The Bertz CT molecular complexity index is 309. The van der Waals surface area contributed by atoms with Crippen LogP contribution in [0.15, 0.2) is 4.99 Å². The van der Waals surface area contributed by atoms with Gasteiger partial charge in [0, 0.05) is 46.9 Å². The number of likely N-dealkylation sites (N-methyl/N-ethyl adjacent to an activating group) is 1. The van der Waals surface area contributed by atoms with Crippen molar-refractivity contribution in [3.8, 4) is 0 Å². The molecule has 130 valence electrons. The Morgan fingerprint density at radius 2 is 2.09 bits per heavy atom. The van der Waals surface area contributed by atoms with E-state index >= 15 is 0 Å². The van der Waals surface area contributed by atoms with Crippen molar-refractivity contribution in [1.82, 2.24) is 15.5 Å². The number of ether oxygens (including phenoxy) is 1. The Morgan fingerprint density at radius 1 is 1.27 bits per heavy atom. The Hall–Kier alpha value is -0.810. The molecule has 1 aliphatic rings. The molecule has 0 radical (unpaired) electrons. The van der Waals surface area contributed by atoms with Crippen molar-refractivity contribution in [3.63, 3.8) is 0 Å². The van der Waals surface area contributed by atoms with Gasteiger partial charge in [-0.15, -0.1) is 0 Å². The van der Waals surface area contributed by atoms with Crippen molar-refractivity contribution in [2.24, 2.45) is 16.8 Å². The Labute approximate surface area is 136 Å². The van der Waals surface area contributed by atoms with E-state index < -0.39 is 0 Å². The Kier molecular flexibility index (Phi) is 10.2. The first-order valence-electron chi connectivity index (χ1n) is 8.77. The smallest absolute Gasteiger partial charge is 0.191 e. The second kappa shape index (κ2) is 11.7. The lowest BCUT2D eigenvalue weighted by atomic mass is 9.82. The third-order valence-electron chi connectivity index (χ3n) is 4.50. The highest BCUT2D eigenvalue weighted by molar-refractivity contribution is 5.79. The highest BCUT2D eigenvalue weighted by Gasteiger charge is 2.18. The molecule has 0 aromatic carbocycles. The normalized spacial score (nSPS) is 22.9. The number of nitrogens with one attached hydrogen (secondary N) is 2. The summed E-state index contributed by atoms with van der Waals surface area (Å²) in [6, 6.07) is 0. The topological polar surface area (TPSA) is 48.9 Å². The van der Waals surface area contributed by atoms with Crippen LogP contribution in [-0.4, -0.2) is 64.9 Å².